The SMILES string of the molecule is CCSc1nnc(C)n1NC(=O)c1ccc(-c2ccc(Cl)cc2)o1. The van der Waals surface area contributed by atoms with Crippen LogP contribution in [0.5, 0.6) is 0 Å². The smallest absolute Gasteiger partial charge is 0.305 e. The summed E-state index contributed by atoms with van der Waals surface area (Å²) < 4.78 is 7.20. The summed E-state index contributed by atoms with van der Waals surface area (Å²) in [5.74, 6) is 1.87. The quantitative estimate of drug-likeness (QED) is 0.694. The van der Waals surface area contributed by atoms with Crippen molar-refractivity contribution >= 4 is 29.3 Å². The fourth-order valence-corrected chi connectivity index (χ4v) is 2.87. The van der Waals surface area contributed by atoms with E-state index in [-0.39, 0.29) is 11.7 Å². The number of thioether (sulfide) groups is 1. The zero-order valence-corrected chi connectivity index (χ0v) is 14.7. The molecule has 0 saturated carbocycles. The summed E-state index contributed by atoms with van der Waals surface area (Å²) in [5, 5.41) is 9.29. The van der Waals surface area contributed by atoms with Gasteiger partial charge in [0.1, 0.15) is 11.6 Å². The molecule has 0 radical (unpaired) electrons. The lowest BCUT2D eigenvalue weighted by Crippen LogP contribution is -2.24. The van der Waals surface area contributed by atoms with Crippen molar-refractivity contribution in [3.8, 4) is 11.3 Å². The summed E-state index contributed by atoms with van der Waals surface area (Å²) in [4.78, 5) is 12.4. The van der Waals surface area contributed by atoms with Gasteiger partial charge in [0.2, 0.25) is 5.16 Å². The molecule has 1 amide bonds. The lowest BCUT2D eigenvalue weighted by Gasteiger charge is -2.08. The average Bonchev–Trinajstić information content (AvgIpc) is 3.18. The summed E-state index contributed by atoms with van der Waals surface area (Å²) >= 11 is 7.37. The minimum absolute atomic E-state index is 0.209. The third kappa shape index (κ3) is 3.47. The summed E-state index contributed by atoms with van der Waals surface area (Å²) in [6.45, 7) is 3.78. The van der Waals surface area contributed by atoms with Crippen molar-refractivity contribution in [2.24, 2.45) is 0 Å². The van der Waals surface area contributed by atoms with E-state index in [1.165, 1.54) is 11.8 Å². The lowest BCUT2D eigenvalue weighted by atomic mass is 10.2. The number of hydrogen-bond acceptors (Lipinski definition) is 5. The van der Waals surface area contributed by atoms with E-state index in [1.807, 2.05) is 19.1 Å². The second-order valence-corrected chi connectivity index (χ2v) is 6.58. The number of aryl methyl sites for hydroxylation is 1. The van der Waals surface area contributed by atoms with Gasteiger partial charge in [0, 0.05) is 10.6 Å². The van der Waals surface area contributed by atoms with Crippen LogP contribution < -0.4 is 5.43 Å². The number of nitrogens with one attached hydrogen (secondary N) is 1. The van der Waals surface area contributed by atoms with Gasteiger partial charge in [-0.25, -0.2) is 4.68 Å². The average molecular weight is 363 g/mol. The van der Waals surface area contributed by atoms with Crippen LogP contribution >= 0.6 is 23.4 Å². The van der Waals surface area contributed by atoms with Crippen molar-refractivity contribution in [1.82, 2.24) is 14.9 Å². The van der Waals surface area contributed by atoms with E-state index in [9.17, 15) is 4.79 Å². The van der Waals surface area contributed by atoms with Gasteiger partial charge in [-0.05, 0) is 49.1 Å². The van der Waals surface area contributed by atoms with Gasteiger partial charge in [-0.1, -0.05) is 30.3 Å². The molecular formula is C16H15ClN4O2S. The molecule has 2 heterocycles. The Morgan fingerprint density at radius 2 is 2.00 bits per heavy atom. The van der Waals surface area contributed by atoms with Crippen molar-refractivity contribution in [3.05, 3.63) is 53.0 Å². The van der Waals surface area contributed by atoms with Crippen molar-refractivity contribution in [1.29, 1.82) is 0 Å². The van der Waals surface area contributed by atoms with Gasteiger partial charge in [-0.2, -0.15) is 0 Å². The first-order valence-electron chi connectivity index (χ1n) is 7.30. The number of furan rings is 1. The molecule has 3 rings (SSSR count). The van der Waals surface area contributed by atoms with E-state index in [2.05, 4.69) is 15.6 Å². The lowest BCUT2D eigenvalue weighted by molar-refractivity contribution is 0.0980. The summed E-state index contributed by atoms with van der Waals surface area (Å²) in [7, 11) is 0. The van der Waals surface area contributed by atoms with Crippen molar-refractivity contribution < 1.29 is 9.21 Å². The molecule has 1 N–H and O–H groups in total. The molecule has 2 aromatic heterocycles. The van der Waals surface area contributed by atoms with Crippen LogP contribution in [-0.2, 0) is 0 Å². The number of carbonyl (C=O) groups excluding carboxylic acids is 1. The Kier molecular flexibility index (Phi) is 4.92. The maximum atomic E-state index is 12.4. The molecule has 0 atom stereocenters. The Morgan fingerprint density at radius 1 is 1.25 bits per heavy atom. The molecule has 8 heteroatoms. The molecule has 124 valence electrons. The maximum absolute atomic E-state index is 12.4. The highest BCUT2D eigenvalue weighted by Crippen LogP contribution is 2.24. The van der Waals surface area contributed by atoms with Crippen LogP contribution in [0.15, 0.2) is 46.0 Å². The van der Waals surface area contributed by atoms with Gasteiger partial charge in [0.25, 0.3) is 0 Å². The topological polar surface area (TPSA) is 73.0 Å². The third-order valence-corrected chi connectivity index (χ3v) is 4.30. The molecule has 6 nitrogen and oxygen atoms in total. The number of aromatic nitrogens is 3. The molecule has 0 spiro atoms. The fraction of sp³-hybridized carbons (Fsp3) is 0.188. The van der Waals surface area contributed by atoms with Gasteiger partial charge in [0.05, 0.1) is 0 Å². The summed E-state index contributed by atoms with van der Waals surface area (Å²) in [5.41, 5.74) is 3.60. The number of carbonyl (C=O) groups is 1. The van der Waals surface area contributed by atoms with Gasteiger partial charge in [-0.15, -0.1) is 10.2 Å². The highest BCUT2D eigenvalue weighted by atomic mass is 35.5. The Labute approximate surface area is 148 Å². The number of hydrogen-bond donors (Lipinski definition) is 1. The normalized spacial score (nSPS) is 10.8. The molecule has 0 unspecified atom stereocenters. The minimum atomic E-state index is -0.365. The first-order chi connectivity index (χ1) is 11.6. The van der Waals surface area contributed by atoms with E-state index in [0.717, 1.165) is 11.3 Å². The first-order valence-corrected chi connectivity index (χ1v) is 8.66. The first kappa shape index (κ1) is 16.6. The Hall–Kier alpha value is -2.25. The van der Waals surface area contributed by atoms with E-state index in [4.69, 9.17) is 16.0 Å². The Balaban J connectivity index is 1.79. The molecule has 0 fully saturated rings. The molecule has 24 heavy (non-hydrogen) atoms. The number of rotatable bonds is 5. The monoisotopic (exact) mass is 362 g/mol. The molecule has 3 aromatic rings. The highest BCUT2D eigenvalue weighted by Gasteiger charge is 2.16. The van der Waals surface area contributed by atoms with Crippen molar-refractivity contribution in [2.75, 3.05) is 11.2 Å². The zero-order chi connectivity index (χ0) is 17.1. The predicted molar refractivity (Wildman–Crippen MR) is 94.0 cm³/mol. The molecular weight excluding hydrogens is 348 g/mol. The summed E-state index contributed by atoms with van der Waals surface area (Å²) in [6.07, 6.45) is 0. The van der Waals surface area contributed by atoms with Gasteiger partial charge in [0.15, 0.2) is 5.76 Å². The van der Waals surface area contributed by atoms with Crippen LogP contribution in [0.4, 0.5) is 0 Å². The van der Waals surface area contributed by atoms with Gasteiger partial charge < -0.3 is 4.42 Å². The second kappa shape index (κ2) is 7.11. The van der Waals surface area contributed by atoms with Crippen LogP contribution in [0, 0.1) is 6.92 Å². The molecule has 0 bridgehead atoms. The highest BCUT2D eigenvalue weighted by molar-refractivity contribution is 7.99. The van der Waals surface area contributed by atoms with Crippen molar-refractivity contribution in [3.63, 3.8) is 0 Å². The molecule has 0 aliphatic heterocycles. The minimum Gasteiger partial charge on any atom is -0.451 e. The van der Waals surface area contributed by atoms with Crippen LogP contribution in [0.25, 0.3) is 11.3 Å². The fourth-order valence-electron chi connectivity index (χ4n) is 2.08. The second-order valence-electron chi connectivity index (χ2n) is 4.91. The number of amides is 1. The molecule has 0 aliphatic carbocycles. The van der Waals surface area contributed by atoms with Crippen LogP contribution in [0.1, 0.15) is 23.3 Å². The summed E-state index contributed by atoms with van der Waals surface area (Å²) in [6, 6.07) is 10.6. The maximum Gasteiger partial charge on any atom is 0.305 e. The number of nitrogens with zero attached hydrogens (tertiary/aromatic N) is 3. The van der Waals surface area contributed by atoms with Crippen LogP contribution in [-0.4, -0.2) is 26.5 Å². The van der Waals surface area contributed by atoms with E-state index in [1.54, 1.807) is 35.9 Å². The Morgan fingerprint density at radius 3 is 2.71 bits per heavy atom. The van der Waals surface area contributed by atoms with E-state index >= 15 is 0 Å². The Bertz CT molecular complexity index is 857. The largest absolute Gasteiger partial charge is 0.451 e. The van der Waals surface area contributed by atoms with Crippen LogP contribution in [0.3, 0.4) is 0 Å². The zero-order valence-electron chi connectivity index (χ0n) is 13.1. The number of benzene rings is 1. The van der Waals surface area contributed by atoms with E-state index < -0.39 is 0 Å². The van der Waals surface area contributed by atoms with E-state index in [0.29, 0.717) is 21.8 Å². The van der Waals surface area contributed by atoms with Crippen molar-refractivity contribution in [2.45, 2.75) is 19.0 Å². The molecule has 1 aromatic carbocycles. The van der Waals surface area contributed by atoms with Gasteiger partial charge in [-0.3, -0.25) is 10.2 Å². The predicted octanol–water partition coefficient (Wildman–Crippen LogP) is 4.00. The van der Waals surface area contributed by atoms with Crippen LogP contribution in [0.2, 0.25) is 5.02 Å². The van der Waals surface area contributed by atoms with Gasteiger partial charge >= 0.3 is 5.91 Å². The molecule has 0 aliphatic rings. The number of halogens is 1. The standard InChI is InChI=1S/C16H15ClN4O2S/c1-3-24-16-19-18-10(2)21(16)20-15(22)14-9-8-13(23-14)11-4-6-12(17)7-5-11/h4-9H,3H2,1-2H3,(H,20,22). The molecule has 0 saturated heterocycles. The third-order valence-electron chi connectivity index (χ3n) is 3.24.